The van der Waals surface area contributed by atoms with Gasteiger partial charge in [0.25, 0.3) is 0 Å². The Morgan fingerprint density at radius 3 is 2.82 bits per heavy atom. The number of carbonyl (C=O) groups is 1. The molecule has 3 aromatic carbocycles. The molecular weight excluding hydrogens is 444 g/mol. The summed E-state index contributed by atoms with van der Waals surface area (Å²) in [5.41, 5.74) is 2.01. The van der Waals surface area contributed by atoms with Crippen LogP contribution < -0.4 is 4.74 Å². The normalized spacial score (nSPS) is 15.3. The Morgan fingerprint density at radius 1 is 1.18 bits per heavy atom. The van der Waals surface area contributed by atoms with E-state index in [9.17, 15) is 4.79 Å². The van der Waals surface area contributed by atoms with Crippen molar-refractivity contribution in [3.63, 3.8) is 0 Å². The lowest BCUT2D eigenvalue weighted by molar-refractivity contribution is -0.135. The highest BCUT2D eigenvalue weighted by Crippen LogP contribution is 2.27. The van der Waals surface area contributed by atoms with Gasteiger partial charge in [0.2, 0.25) is 0 Å². The summed E-state index contributed by atoms with van der Waals surface area (Å²) in [6.45, 7) is 2.57. The highest BCUT2D eigenvalue weighted by atomic mass is 35.5. The predicted octanol–water partition coefficient (Wildman–Crippen LogP) is 5.13. The third-order valence-corrected chi connectivity index (χ3v) is 5.25. The van der Waals surface area contributed by atoms with Crippen LogP contribution in [0.25, 0.3) is 10.8 Å². The molecule has 0 aromatic heterocycles. The van der Waals surface area contributed by atoms with Crippen LogP contribution in [0.3, 0.4) is 0 Å². The van der Waals surface area contributed by atoms with Crippen molar-refractivity contribution < 1.29 is 23.9 Å². The second-order valence-electron chi connectivity index (χ2n) is 7.33. The molecule has 170 valence electrons. The zero-order chi connectivity index (χ0) is 23.0. The van der Waals surface area contributed by atoms with Gasteiger partial charge in [-0.3, -0.25) is 0 Å². The predicted molar refractivity (Wildman–Crippen MR) is 127 cm³/mol. The van der Waals surface area contributed by atoms with Crippen molar-refractivity contribution in [3.8, 4) is 5.75 Å². The first-order valence-electron chi connectivity index (χ1n) is 10.6. The molecule has 1 aliphatic rings. The van der Waals surface area contributed by atoms with Crippen molar-refractivity contribution in [2.24, 2.45) is 10.3 Å². The van der Waals surface area contributed by atoms with Gasteiger partial charge in [0.05, 0.1) is 12.8 Å². The maximum absolute atomic E-state index is 11.8. The van der Waals surface area contributed by atoms with Crippen molar-refractivity contribution >= 4 is 40.3 Å². The SMILES string of the molecule is CCOC(=O)C1=NOC(COc2ccc3ccccc3c2C=NOCc2ccc(Cl)cc2)C1. The zero-order valence-corrected chi connectivity index (χ0v) is 18.8. The van der Waals surface area contributed by atoms with Crippen molar-refractivity contribution in [3.05, 3.63) is 76.8 Å². The van der Waals surface area contributed by atoms with Crippen LogP contribution in [0.15, 0.2) is 71.0 Å². The first-order chi connectivity index (χ1) is 16.1. The van der Waals surface area contributed by atoms with Crippen LogP contribution in [0.2, 0.25) is 5.02 Å². The van der Waals surface area contributed by atoms with Crippen LogP contribution >= 0.6 is 11.6 Å². The molecule has 0 bridgehead atoms. The summed E-state index contributed by atoms with van der Waals surface area (Å²) in [5.74, 6) is 0.164. The Kier molecular flexibility index (Phi) is 7.42. The number of oxime groups is 2. The van der Waals surface area contributed by atoms with Crippen molar-refractivity contribution in [1.29, 1.82) is 0 Å². The Balaban J connectivity index is 1.44. The largest absolute Gasteiger partial charge is 0.489 e. The van der Waals surface area contributed by atoms with Gasteiger partial charge < -0.3 is 19.1 Å². The first kappa shape index (κ1) is 22.6. The summed E-state index contributed by atoms with van der Waals surface area (Å²) < 4.78 is 11.0. The van der Waals surface area contributed by atoms with Gasteiger partial charge in [-0.25, -0.2) is 4.79 Å². The molecule has 0 fully saturated rings. The molecule has 7 nitrogen and oxygen atoms in total. The number of hydrogen-bond acceptors (Lipinski definition) is 7. The van der Waals surface area contributed by atoms with Crippen LogP contribution in [0.1, 0.15) is 24.5 Å². The molecule has 0 aliphatic carbocycles. The summed E-state index contributed by atoms with van der Waals surface area (Å²) in [4.78, 5) is 22.6. The van der Waals surface area contributed by atoms with Crippen LogP contribution in [0.4, 0.5) is 0 Å². The van der Waals surface area contributed by atoms with Gasteiger partial charge in [0.1, 0.15) is 19.0 Å². The van der Waals surface area contributed by atoms with Crippen molar-refractivity contribution in [1.82, 2.24) is 0 Å². The average molecular weight is 467 g/mol. The maximum atomic E-state index is 11.8. The molecule has 4 rings (SSSR count). The lowest BCUT2D eigenvalue weighted by atomic mass is 10.0. The van der Waals surface area contributed by atoms with Gasteiger partial charge in [-0.15, -0.1) is 0 Å². The quantitative estimate of drug-likeness (QED) is 0.248. The monoisotopic (exact) mass is 466 g/mol. The van der Waals surface area contributed by atoms with Crippen molar-refractivity contribution in [2.75, 3.05) is 13.2 Å². The highest BCUT2D eigenvalue weighted by molar-refractivity contribution is 6.36. The van der Waals surface area contributed by atoms with Gasteiger partial charge in [0, 0.05) is 17.0 Å². The lowest BCUT2D eigenvalue weighted by Crippen LogP contribution is -2.22. The number of nitrogens with zero attached hydrogens (tertiary/aromatic N) is 2. The number of carbonyl (C=O) groups excluding carboxylic acids is 1. The molecule has 0 N–H and O–H groups in total. The summed E-state index contributed by atoms with van der Waals surface area (Å²) >= 11 is 5.92. The van der Waals surface area contributed by atoms with Gasteiger partial charge in [0.15, 0.2) is 11.8 Å². The molecule has 0 radical (unpaired) electrons. The minimum Gasteiger partial charge on any atom is -0.489 e. The molecule has 0 saturated carbocycles. The second kappa shape index (κ2) is 10.8. The molecule has 1 heterocycles. The Morgan fingerprint density at radius 2 is 2.00 bits per heavy atom. The second-order valence-corrected chi connectivity index (χ2v) is 7.77. The van der Waals surface area contributed by atoms with Gasteiger partial charge >= 0.3 is 5.97 Å². The third kappa shape index (κ3) is 5.81. The summed E-state index contributed by atoms with van der Waals surface area (Å²) in [6, 6.07) is 19.2. The van der Waals surface area contributed by atoms with E-state index < -0.39 is 5.97 Å². The van der Waals surface area contributed by atoms with Gasteiger partial charge in [-0.05, 0) is 41.5 Å². The third-order valence-electron chi connectivity index (χ3n) is 5.00. The molecule has 0 amide bonds. The number of fused-ring (bicyclic) bond motifs is 1. The zero-order valence-electron chi connectivity index (χ0n) is 18.1. The van der Waals surface area contributed by atoms with Crippen molar-refractivity contribution in [2.45, 2.75) is 26.1 Å². The molecule has 0 saturated heterocycles. The van der Waals surface area contributed by atoms with E-state index in [1.165, 1.54) is 0 Å². The number of halogens is 1. The number of rotatable bonds is 9. The topological polar surface area (TPSA) is 78.7 Å². The van der Waals surface area contributed by atoms with Gasteiger partial charge in [-0.2, -0.15) is 0 Å². The standard InChI is InChI=1S/C25H23ClN2O5/c1-2-30-25(29)23-13-20(33-28-23)16-31-24-12-9-18-5-3-4-6-21(18)22(24)14-27-32-15-17-7-10-19(26)11-8-17/h3-12,14,20H,2,13,15-16H2,1H3. The minimum absolute atomic E-state index is 0.219. The number of esters is 1. The summed E-state index contributed by atoms with van der Waals surface area (Å²) in [5, 5.41) is 10.7. The van der Waals surface area contributed by atoms with Crippen LogP contribution in [0, 0.1) is 0 Å². The molecule has 1 atom stereocenters. The summed E-state index contributed by atoms with van der Waals surface area (Å²) in [6.07, 6.45) is 1.60. The molecule has 8 heteroatoms. The Bertz CT molecular complexity index is 1180. The van der Waals surface area contributed by atoms with E-state index in [4.69, 9.17) is 30.7 Å². The van der Waals surface area contributed by atoms with E-state index in [1.807, 2.05) is 60.7 Å². The highest BCUT2D eigenvalue weighted by Gasteiger charge is 2.27. The molecular formula is C25H23ClN2O5. The van der Waals surface area contributed by atoms with Gasteiger partial charge in [-0.1, -0.05) is 64.4 Å². The lowest BCUT2D eigenvalue weighted by Gasteiger charge is -2.14. The molecule has 1 unspecified atom stereocenters. The van der Waals surface area contributed by atoms with E-state index in [1.54, 1.807) is 13.1 Å². The first-order valence-corrected chi connectivity index (χ1v) is 11.0. The maximum Gasteiger partial charge on any atom is 0.356 e. The van der Waals surface area contributed by atoms with E-state index in [0.717, 1.165) is 21.9 Å². The minimum atomic E-state index is -0.462. The van der Waals surface area contributed by atoms with E-state index in [-0.39, 0.29) is 18.4 Å². The fraction of sp³-hybridized carbons (Fsp3) is 0.240. The van der Waals surface area contributed by atoms with Crippen LogP contribution in [-0.4, -0.2) is 37.2 Å². The van der Waals surface area contributed by atoms with Crippen LogP contribution in [0.5, 0.6) is 5.75 Å². The molecule has 3 aromatic rings. The van der Waals surface area contributed by atoms with E-state index in [2.05, 4.69) is 10.3 Å². The summed E-state index contributed by atoms with van der Waals surface area (Å²) in [7, 11) is 0. The molecule has 0 spiro atoms. The Hall–Kier alpha value is -3.58. The fourth-order valence-corrected chi connectivity index (χ4v) is 3.48. The average Bonchev–Trinajstić information content (AvgIpc) is 3.31. The number of ether oxygens (including phenoxy) is 2. The fourth-order valence-electron chi connectivity index (χ4n) is 3.35. The Labute approximate surface area is 196 Å². The van der Waals surface area contributed by atoms with E-state index in [0.29, 0.717) is 30.4 Å². The number of hydrogen-bond donors (Lipinski definition) is 0. The molecule has 33 heavy (non-hydrogen) atoms. The smallest absolute Gasteiger partial charge is 0.356 e. The van der Waals surface area contributed by atoms with E-state index >= 15 is 0 Å². The van der Waals surface area contributed by atoms with Crippen LogP contribution in [-0.2, 0) is 25.8 Å². The number of benzene rings is 3. The molecule has 1 aliphatic heterocycles.